The molecule has 1 saturated carbocycles. The van der Waals surface area contributed by atoms with Crippen molar-refractivity contribution < 1.29 is 5.21 Å². The molecule has 2 atom stereocenters. The van der Waals surface area contributed by atoms with Gasteiger partial charge in [0.1, 0.15) is 5.84 Å². The largest absolute Gasteiger partial charge is 0.409 e. The molecule has 0 aromatic carbocycles. The molecular weight excluding hydrogens is 258 g/mol. The Kier molecular flexibility index (Phi) is 7.00. The fraction of sp³-hybridized carbons (Fsp3) is 0.929. The van der Waals surface area contributed by atoms with E-state index in [0.29, 0.717) is 11.9 Å². The Bertz CT molecular complexity index is 294. The molecule has 0 aromatic heterocycles. The Labute approximate surface area is 121 Å². The van der Waals surface area contributed by atoms with Crippen molar-refractivity contribution in [2.75, 3.05) is 12.3 Å². The minimum atomic E-state index is -0.216. The van der Waals surface area contributed by atoms with E-state index in [1.165, 1.54) is 25.0 Å². The van der Waals surface area contributed by atoms with Gasteiger partial charge in [-0.2, -0.15) is 11.8 Å². The first-order valence-corrected chi connectivity index (χ1v) is 8.37. The maximum atomic E-state index is 8.72. The molecule has 1 rings (SSSR count). The van der Waals surface area contributed by atoms with Gasteiger partial charge in [-0.3, -0.25) is 0 Å². The van der Waals surface area contributed by atoms with E-state index in [9.17, 15) is 0 Å². The van der Waals surface area contributed by atoms with Crippen molar-refractivity contribution in [2.45, 2.75) is 64.2 Å². The third kappa shape index (κ3) is 5.61. The summed E-state index contributed by atoms with van der Waals surface area (Å²) in [5, 5.41) is 16.3. The fourth-order valence-electron chi connectivity index (χ4n) is 2.61. The Morgan fingerprint density at radius 3 is 2.84 bits per heavy atom. The van der Waals surface area contributed by atoms with E-state index in [4.69, 9.17) is 10.9 Å². The van der Waals surface area contributed by atoms with Crippen molar-refractivity contribution >= 4 is 17.6 Å². The molecule has 1 fully saturated rings. The molecule has 1 aliphatic rings. The average molecular weight is 287 g/mol. The first kappa shape index (κ1) is 16.6. The third-order valence-electron chi connectivity index (χ3n) is 4.00. The highest BCUT2D eigenvalue weighted by molar-refractivity contribution is 7.99. The van der Waals surface area contributed by atoms with Gasteiger partial charge >= 0.3 is 0 Å². The van der Waals surface area contributed by atoms with E-state index >= 15 is 0 Å². The number of thioether (sulfide) groups is 1. The number of amidine groups is 1. The van der Waals surface area contributed by atoms with E-state index in [1.54, 1.807) is 0 Å². The first-order chi connectivity index (χ1) is 8.99. The van der Waals surface area contributed by atoms with Gasteiger partial charge in [0.15, 0.2) is 0 Å². The minimum Gasteiger partial charge on any atom is -0.409 e. The minimum absolute atomic E-state index is 0.216. The van der Waals surface area contributed by atoms with Crippen LogP contribution in [0.4, 0.5) is 0 Å². The molecule has 112 valence electrons. The summed E-state index contributed by atoms with van der Waals surface area (Å²) in [6.45, 7) is 7.30. The summed E-state index contributed by atoms with van der Waals surface area (Å²) >= 11 is 2.09. The second kappa shape index (κ2) is 8.00. The van der Waals surface area contributed by atoms with Gasteiger partial charge in [0.05, 0.1) is 0 Å². The molecule has 1 aliphatic carbocycles. The molecule has 4 nitrogen and oxygen atoms in total. The van der Waals surface area contributed by atoms with Crippen LogP contribution in [0, 0.1) is 5.41 Å². The number of nitrogens with zero attached hydrogens (tertiary/aromatic N) is 1. The van der Waals surface area contributed by atoms with Crippen LogP contribution in [0.1, 0.15) is 52.9 Å². The van der Waals surface area contributed by atoms with Crippen LogP contribution in [0.15, 0.2) is 5.16 Å². The van der Waals surface area contributed by atoms with Crippen LogP contribution < -0.4 is 11.1 Å². The topological polar surface area (TPSA) is 70.6 Å². The van der Waals surface area contributed by atoms with Crippen molar-refractivity contribution in [3.63, 3.8) is 0 Å². The number of hydrogen-bond acceptors (Lipinski definition) is 4. The van der Waals surface area contributed by atoms with Gasteiger partial charge in [-0.15, -0.1) is 0 Å². The molecule has 4 N–H and O–H groups in total. The summed E-state index contributed by atoms with van der Waals surface area (Å²) in [7, 11) is 0. The summed E-state index contributed by atoms with van der Waals surface area (Å²) < 4.78 is 0. The lowest BCUT2D eigenvalue weighted by Gasteiger charge is -2.23. The van der Waals surface area contributed by atoms with Crippen molar-refractivity contribution in [3.8, 4) is 0 Å². The molecule has 2 unspecified atom stereocenters. The monoisotopic (exact) mass is 287 g/mol. The van der Waals surface area contributed by atoms with E-state index < -0.39 is 0 Å². The summed E-state index contributed by atoms with van der Waals surface area (Å²) in [5.41, 5.74) is 5.47. The van der Waals surface area contributed by atoms with E-state index in [0.717, 1.165) is 24.6 Å². The quantitative estimate of drug-likeness (QED) is 0.211. The standard InChI is InChI=1S/C14H29N3OS/c1-4-19-12-7-6-11(10-12)16-9-5-8-14(2,3)13(15)17-18/h11-12,16,18H,4-10H2,1-3H3,(H2,15,17). The Morgan fingerprint density at radius 2 is 2.21 bits per heavy atom. The predicted octanol–water partition coefficient (Wildman–Crippen LogP) is 2.80. The SMILES string of the molecule is CCSC1CCC(NCCCC(C)(C)C(N)=NO)C1. The molecule has 0 aromatic rings. The summed E-state index contributed by atoms with van der Waals surface area (Å²) in [4.78, 5) is 0. The molecule has 0 aliphatic heterocycles. The van der Waals surface area contributed by atoms with Crippen LogP contribution in [-0.4, -0.2) is 34.6 Å². The smallest absolute Gasteiger partial charge is 0.144 e. The third-order valence-corrected chi connectivity index (χ3v) is 5.23. The molecule has 0 saturated heterocycles. The van der Waals surface area contributed by atoms with E-state index in [1.807, 2.05) is 13.8 Å². The Morgan fingerprint density at radius 1 is 1.47 bits per heavy atom. The van der Waals surface area contributed by atoms with Crippen molar-refractivity contribution in [1.29, 1.82) is 0 Å². The van der Waals surface area contributed by atoms with Gasteiger partial charge in [-0.05, 0) is 44.4 Å². The van der Waals surface area contributed by atoms with Gasteiger partial charge in [0.25, 0.3) is 0 Å². The summed E-state index contributed by atoms with van der Waals surface area (Å²) in [6.07, 6.45) is 5.97. The second-order valence-electron chi connectivity index (χ2n) is 6.01. The van der Waals surface area contributed by atoms with Crippen molar-refractivity contribution in [1.82, 2.24) is 5.32 Å². The van der Waals surface area contributed by atoms with Gasteiger partial charge in [0, 0.05) is 16.7 Å². The van der Waals surface area contributed by atoms with Crippen LogP contribution in [-0.2, 0) is 0 Å². The van der Waals surface area contributed by atoms with Crippen LogP contribution in [0.25, 0.3) is 0 Å². The molecule has 5 heteroatoms. The molecule has 0 bridgehead atoms. The Balaban J connectivity index is 2.15. The lowest BCUT2D eigenvalue weighted by atomic mass is 9.86. The zero-order chi connectivity index (χ0) is 14.3. The highest BCUT2D eigenvalue weighted by atomic mass is 32.2. The maximum absolute atomic E-state index is 8.72. The first-order valence-electron chi connectivity index (χ1n) is 7.32. The van der Waals surface area contributed by atoms with Gasteiger partial charge < -0.3 is 16.3 Å². The molecular formula is C14H29N3OS. The molecule has 0 heterocycles. The van der Waals surface area contributed by atoms with Gasteiger partial charge in [-0.1, -0.05) is 25.9 Å². The number of oxime groups is 1. The molecule has 0 radical (unpaired) electrons. The van der Waals surface area contributed by atoms with E-state index in [2.05, 4.69) is 29.2 Å². The zero-order valence-electron chi connectivity index (χ0n) is 12.5. The summed E-state index contributed by atoms with van der Waals surface area (Å²) in [6, 6.07) is 0.691. The molecule has 19 heavy (non-hydrogen) atoms. The average Bonchev–Trinajstić information content (AvgIpc) is 2.82. The van der Waals surface area contributed by atoms with Gasteiger partial charge in [-0.25, -0.2) is 0 Å². The normalized spacial score (nSPS) is 24.9. The van der Waals surface area contributed by atoms with E-state index in [-0.39, 0.29) is 5.41 Å². The summed E-state index contributed by atoms with van der Waals surface area (Å²) in [5.74, 6) is 1.55. The number of nitrogens with one attached hydrogen (secondary N) is 1. The van der Waals surface area contributed by atoms with Crippen LogP contribution in [0.2, 0.25) is 0 Å². The van der Waals surface area contributed by atoms with Crippen molar-refractivity contribution in [3.05, 3.63) is 0 Å². The van der Waals surface area contributed by atoms with Crippen LogP contribution in [0.3, 0.4) is 0 Å². The number of hydrogen-bond donors (Lipinski definition) is 3. The predicted molar refractivity (Wildman–Crippen MR) is 84.0 cm³/mol. The van der Waals surface area contributed by atoms with Crippen LogP contribution >= 0.6 is 11.8 Å². The Hall–Kier alpha value is -0.420. The van der Waals surface area contributed by atoms with Gasteiger partial charge in [0.2, 0.25) is 0 Å². The molecule has 0 amide bonds. The van der Waals surface area contributed by atoms with Crippen LogP contribution in [0.5, 0.6) is 0 Å². The lowest BCUT2D eigenvalue weighted by Crippen LogP contribution is -2.34. The molecule has 0 spiro atoms. The second-order valence-corrected chi connectivity index (χ2v) is 7.59. The maximum Gasteiger partial charge on any atom is 0.144 e. The van der Waals surface area contributed by atoms with Crippen molar-refractivity contribution in [2.24, 2.45) is 16.3 Å². The lowest BCUT2D eigenvalue weighted by molar-refractivity contribution is 0.304. The zero-order valence-corrected chi connectivity index (χ0v) is 13.3. The number of rotatable bonds is 8. The number of nitrogens with two attached hydrogens (primary N) is 1. The fourth-order valence-corrected chi connectivity index (χ4v) is 3.76. The highest BCUT2D eigenvalue weighted by Gasteiger charge is 2.25. The highest BCUT2D eigenvalue weighted by Crippen LogP contribution is 2.29.